The lowest BCUT2D eigenvalue weighted by Gasteiger charge is -2.52. The van der Waals surface area contributed by atoms with E-state index < -0.39 is 5.41 Å². The van der Waals surface area contributed by atoms with Gasteiger partial charge in [-0.2, -0.15) is 0 Å². The molecule has 0 bridgehead atoms. The molecule has 0 aromatic heterocycles. The summed E-state index contributed by atoms with van der Waals surface area (Å²) in [5.74, 6) is 0. The molecule has 0 unspecified atom stereocenters. The number of hydrogen-bond donors (Lipinski definition) is 0. The summed E-state index contributed by atoms with van der Waals surface area (Å²) in [6.07, 6.45) is 0. The van der Waals surface area contributed by atoms with Crippen molar-refractivity contribution in [1.29, 1.82) is 0 Å². The molecule has 298 valence electrons. The van der Waals surface area contributed by atoms with Gasteiger partial charge in [-0.1, -0.05) is 212 Å². The van der Waals surface area contributed by atoms with Crippen molar-refractivity contribution in [2.75, 3.05) is 9.71 Å². The van der Waals surface area contributed by atoms with E-state index in [1.807, 2.05) is 0 Å². The van der Waals surface area contributed by atoms with Gasteiger partial charge >= 0.3 is 6.85 Å². The third-order valence-corrected chi connectivity index (χ3v) is 13.9. The van der Waals surface area contributed by atoms with Gasteiger partial charge < -0.3 is 9.71 Å². The lowest BCUT2D eigenvalue weighted by Crippen LogP contribution is -2.62. The number of rotatable bonds is 6. The van der Waals surface area contributed by atoms with Crippen LogP contribution in [0, 0.1) is 0 Å². The number of anilines is 5. The Hall–Kier alpha value is -8.14. The lowest BCUT2D eigenvalue weighted by atomic mass is 9.42. The zero-order valence-corrected chi connectivity index (χ0v) is 35.1. The van der Waals surface area contributed by atoms with Crippen LogP contribution in [-0.2, 0) is 5.41 Å². The van der Waals surface area contributed by atoms with E-state index in [2.05, 4.69) is 258 Å². The maximum absolute atomic E-state index is 2.64. The number of fused-ring (bicyclic) bond motifs is 6. The maximum atomic E-state index is 2.64. The van der Waals surface area contributed by atoms with Crippen LogP contribution in [0.5, 0.6) is 0 Å². The summed E-state index contributed by atoms with van der Waals surface area (Å²) in [7, 11) is 0. The van der Waals surface area contributed by atoms with Gasteiger partial charge in [0.25, 0.3) is 0 Å². The fraction of sp³-hybridized carbons (Fsp3) is 0.0164. The Balaban J connectivity index is 1.16. The molecule has 3 aliphatic rings. The summed E-state index contributed by atoms with van der Waals surface area (Å²) in [5.41, 5.74) is 22.8. The van der Waals surface area contributed by atoms with Crippen LogP contribution in [0.1, 0.15) is 22.3 Å². The summed E-state index contributed by atoms with van der Waals surface area (Å²) >= 11 is 0. The molecular formula is C61H41BN2. The molecule has 0 radical (unpaired) electrons. The molecule has 0 spiro atoms. The molecule has 13 rings (SSSR count). The highest BCUT2D eigenvalue weighted by molar-refractivity contribution is 6.93. The molecule has 0 aliphatic carbocycles. The smallest absolute Gasteiger partial charge is 0.333 e. The van der Waals surface area contributed by atoms with Gasteiger partial charge in [0.15, 0.2) is 0 Å². The van der Waals surface area contributed by atoms with Gasteiger partial charge in [-0.15, -0.1) is 0 Å². The summed E-state index contributed by atoms with van der Waals surface area (Å²) in [5, 5.41) is 0. The van der Waals surface area contributed by atoms with E-state index in [-0.39, 0.29) is 6.85 Å². The Bertz CT molecular complexity index is 3330. The van der Waals surface area contributed by atoms with Crippen LogP contribution in [0.25, 0.3) is 44.5 Å². The van der Waals surface area contributed by atoms with Crippen molar-refractivity contribution < 1.29 is 0 Å². The molecule has 10 aromatic rings. The largest absolute Gasteiger partial charge is 0.376 e. The number of para-hydroxylation sites is 2. The fourth-order valence-electron chi connectivity index (χ4n) is 11.2. The first-order valence-electron chi connectivity index (χ1n) is 22.3. The Kier molecular flexibility index (Phi) is 8.26. The molecule has 0 atom stereocenters. The minimum absolute atomic E-state index is 0.142. The minimum atomic E-state index is -0.590. The zero-order valence-electron chi connectivity index (χ0n) is 35.1. The molecule has 0 fully saturated rings. The first kappa shape index (κ1) is 36.5. The van der Waals surface area contributed by atoms with E-state index in [0.29, 0.717) is 0 Å². The van der Waals surface area contributed by atoms with Crippen LogP contribution in [-0.4, -0.2) is 6.85 Å². The third kappa shape index (κ3) is 5.34. The minimum Gasteiger partial charge on any atom is -0.376 e. The van der Waals surface area contributed by atoms with Crippen LogP contribution in [0.2, 0.25) is 0 Å². The van der Waals surface area contributed by atoms with Crippen molar-refractivity contribution in [3.63, 3.8) is 0 Å². The topological polar surface area (TPSA) is 6.48 Å². The normalized spacial score (nSPS) is 13.7. The highest BCUT2D eigenvalue weighted by Crippen LogP contribution is 2.59. The van der Waals surface area contributed by atoms with E-state index in [1.165, 1.54) is 100 Å². The second-order valence-electron chi connectivity index (χ2n) is 17.2. The monoisotopic (exact) mass is 812 g/mol. The average molecular weight is 813 g/mol. The van der Waals surface area contributed by atoms with Crippen molar-refractivity contribution in [3.05, 3.63) is 271 Å². The predicted octanol–water partition coefficient (Wildman–Crippen LogP) is 14.1. The van der Waals surface area contributed by atoms with E-state index in [9.17, 15) is 0 Å². The summed E-state index contributed by atoms with van der Waals surface area (Å²) < 4.78 is 0. The zero-order chi connectivity index (χ0) is 42.2. The quantitative estimate of drug-likeness (QED) is 0.154. The van der Waals surface area contributed by atoms with Gasteiger partial charge in [0.05, 0.1) is 11.1 Å². The van der Waals surface area contributed by atoms with Crippen molar-refractivity contribution in [1.82, 2.24) is 0 Å². The molecule has 10 aromatic carbocycles. The highest BCUT2D eigenvalue weighted by Gasteiger charge is 2.53. The van der Waals surface area contributed by atoms with Crippen molar-refractivity contribution in [3.8, 4) is 44.5 Å². The Morgan fingerprint density at radius 2 is 0.828 bits per heavy atom. The van der Waals surface area contributed by atoms with Crippen LogP contribution < -0.4 is 20.6 Å². The van der Waals surface area contributed by atoms with E-state index in [4.69, 9.17) is 0 Å². The lowest BCUT2D eigenvalue weighted by molar-refractivity contribution is 0.732. The molecule has 3 heteroatoms. The molecule has 0 saturated carbocycles. The van der Waals surface area contributed by atoms with Gasteiger partial charge in [-0.25, -0.2) is 0 Å². The number of nitrogens with zero attached hydrogens (tertiary/aromatic N) is 2. The van der Waals surface area contributed by atoms with Gasteiger partial charge in [-0.3, -0.25) is 0 Å². The Labute approximate surface area is 375 Å². The second kappa shape index (κ2) is 14.5. The van der Waals surface area contributed by atoms with Crippen LogP contribution in [0.3, 0.4) is 0 Å². The summed E-state index contributed by atoms with van der Waals surface area (Å²) in [6.45, 7) is -0.142. The molecule has 3 heterocycles. The number of benzene rings is 10. The molecular weight excluding hydrogens is 771 g/mol. The Morgan fingerprint density at radius 1 is 0.328 bits per heavy atom. The van der Waals surface area contributed by atoms with Crippen molar-refractivity contribution >= 4 is 46.2 Å². The van der Waals surface area contributed by atoms with E-state index in [0.717, 1.165) is 5.69 Å². The molecule has 0 saturated heterocycles. The third-order valence-electron chi connectivity index (χ3n) is 13.9. The fourth-order valence-corrected chi connectivity index (χ4v) is 11.2. The molecule has 64 heavy (non-hydrogen) atoms. The first-order valence-corrected chi connectivity index (χ1v) is 22.3. The molecule has 2 nitrogen and oxygen atoms in total. The predicted molar refractivity (Wildman–Crippen MR) is 268 cm³/mol. The summed E-state index contributed by atoms with van der Waals surface area (Å²) in [6, 6.07) is 92.4. The van der Waals surface area contributed by atoms with E-state index in [1.54, 1.807) is 0 Å². The van der Waals surface area contributed by atoms with Gasteiger partial charge in [0.1, 0.15) is 0 Å². The second-order valence-corrected chi connectivity index (χ2v) is 17.2. The SMILES string of the molecule is c1ccc(-c2ccc(N3B4c5cccc6c5N(c5ccccc5C6(c5ccccc5)c5ccccc5)c5cc(-c6ccccc6)cc(c54)-c4ccc(-c5ccccc5)cc43)cc2)cc1. The Morgan fingerprint density at radius 3 is 1.47 bits per heavy atom. The number of hydrogen-bond acceptors (Lipinski definition) is 2. The van der Waals surface area contributed by atoms with Gasteiger partial charge in [0, 0.05) is 28.3 Å². The van der Waals surface area contributed by atoms with Crippen LogP contribution in [0.4, 0.5) is 28.4 Å². The average Bonchev–Trinajstić information content (AvgIpc) is 3.38. The highest BCUT2D eigenvalue weighted by atomic mass is 15.2. The van der Waals surface area contributed by atoms with Gasteiger partial charge in [-0.05, 0) is 109 Å². The molecule has 3 aliphatic heterocycles. The summed E-state index contributed by atoms with van der Waals surface area (Å²) in [4.78, 5) is 5.26. The molecule has 0 amide bonds. The standard InChI is InChI=1S/C61H41BN2/c1-6-19-42(20-7-1)45-33-36-50(37-34-45)64-57-40-46(43-21-8-2-9-22-43)35-38-51(57)52-39-47(44-23-10-3-11-24-44)41-58-59(52)62(64)55-31-18-30-54-60(55)63(58)56-32-17-16-29-53(56)61(54,48-25-12-4-13-26-48)49-27-14-5-15-28-49/h1-41H. The van der Waals surface area contributed by atoms with Crippen LogP contribution in [0.15, 0.2) is 249 Å². The van der Waals surface area contributed by atoms with Crippen LogP contribution >= 0.6 is 0 Å². The van der Waals surface area contributed by atoms with E-state index >= 15 is 0 Å². The molecule has 0 N–H and O–H groups in total. The maximum Gasteiger partial charge on any atom is 0.333 e. The first-order chi connectivity index (χ1) is 31.8. The van der Waals surface area contributed by atoms with Gasteiger partial charge in [0.2, 0.25) is 0 Å². The van der Waals surface area contributed by atoms with Crippen molar-refractivity contribution in [2.24, 2.45) is 0 Å². The van der Waals surface area contributed by atoms with Crippen molar-refractivity contribution in [2.45, 2.75) is 5.41 Å².